The van der Waals surface area contributed by atoms with Gasteiger partial charge in [-0.1, -0.05) is 28.1 Å². The van der Waals surface area contributed by atoms with Crippen LogP contribution in [-0.4, -0.2) is 28.7 Å². The SMILES string of the molecule is Cc1cccc(C(=O)N(CCBr)C2CC2)c1C. The van der Waals surface area contributed by atoms with Gasteiger partial charge in [-0.3, -0.25) is 4.79 Å². The monoisotopic (exact) mass is 295 g/mol. The van der Waals surface area contributed by atoms with Gasteiger partial charge in [-0.05, 0) is 43.9 Å². The molecule has 92 valence electrons. The van der Waals surface area contributed by atoms with E-state index < -0.39 is 0 Å². The highest BCUT2D eigenvalue weighted by Gasteiger charge is 2.32. The van der Waals surface area contributed by atoms with Crippen LogP contribution in [0, 0.1) is 13.8 Å². The molecule has 3 heteroatoms. The van der Waals surface area contributed by atoms with Crippen molar-refractivity contribution in [3.8, 4) is 0 Å². The molecule has 2 nitrogen and oxygen atoms in total. The largest absolute Gasteiger partial charge is 0.335 e. The smallest absolute Gasteiger partial charge is 0.254 e. The van der Waals surface area contributed by atoms with Gasteiger partial charge in [-0.2, -0.15) is 0 Å². The van der Waals surface area contributed by atoms with Crippen molar-refractivity contribution in [2.24, 2.45) is 0 Å². The topological polar surface area (TPSA) is 20.3 Å². The summed E-state index contributed by atoms with van der Waals surface area (Å²) in [7, 11) is 0. The molecule has 0 aromatic heterocycles. The molecule has 0 saturated heterocycles. The lowest BCUT2D eigenvalue weighted by Crippen LogP contribution is -2.35. The van der Waals surface area contributed by atoms with Gasteiger partial charge >= 0.3 is 0 Å². The lowest BCUT2D eigenvalue weighted by Gasteiger charge is -2.22. The molecule has 0 radical (unpaired) electrons. The molecule has 1 aromatic rings. The van der Waals surface area contributed by atoms with Gasteiger partial charge in [0.15, 0.2) is 0 Å². The third kappa shape index (κ3) is 2.71. The van der Waals surface area contributed by atoms with Crippen molar-refractivity contribution in [1.82, 2.24) is 4.90 Å². The highest BCUT2D eigenvalue weighted by Crippen LogP contribution is 2.29. The quantitative estimate of drug-likeness (QED) is 0.781. The maximum atomic E-state index is 12.5. The second-order valence-electron chi connectivity index (χ2n) is 4.67. The van der Waals surface area contributed by atoms with Crippen LogP contribution in [0.4, 0.5) is 0 Å². The summed E-state index contributed by atoms with van der Waals surface area (Å²) in [4.78, 5) is 14.5. The fourth-order valence-electron chi connectivity index (χ4n) is 2.06. The molecule has 1 amide bonds. The number of halogens is 1. The van der Waals surface area contributed by atoms with E-state index in [2.05, 4.69) is 28.9 Å². The Labute approximate surface area is 111 Å². The molecule has 0 atom stereocenters. The number of carbonyl (C=O) groups is 1. The van der Waals surface area contributed by atoms with Gasteiger partial charge in [-0.15, -0.1) is 0 Å². The zero-order valence-corrected chi connectivity index (χ0v) is 12.0. The number of hydrogen-bond acceptors (Lipinski definition) is 1. The number of benzene rings is 1. The molecule has 1 aromatic carbocycles. The van der Waals surface area contributed by atoms with Crippen LogP contribution in [0.3, 0.4) is 0 Å². The van der Waals surface area contributed by atoms with Gasteiger partial charge in [0.1, 0.15) is 0 Å². The molecule has 17 heavy (non-hydrogen) atoms. The van der Waals surface area contributed by atoms with E-state index in [0.29, 0.717) is 6.04 Å². The van der Waals surface area contributed by atoms with E-state index >= 15 is 0 Å². The summed E-state index contributed by atoms with van der Waals surface area (Å²) in [6, 6.07) is 6.43. The minimum Gasteiger partial charge on any atom is -0.335 e. The number of aryl methyl sites for hydroxylation is 1. The van der Waals surface area contributed by atoms with E-state index in [0.717, 1.165) is 35.8 Å². The van der Waals surface area contributed by atoms with Crippen LogP contribution in [0.15, 0.2) is 18.2 Å². The van der Waals surface area contributed by atoms with Gasteiger partial charge in [0.05, 0.1) is 0 Å². The van der Waals surface area contributed by atoms with E-state index in [1.54, 1.807) is 0 Å². The van der Waals surface area contributed by atoms with Gasteiger partial charge in [0.25, 0.3) is 5.91 Å². The molecule has 0 heterocycles. The van der Waals surface area contributed by atoms with Crippen LogP contribution < -0.4 is 0 Å². The van der Waals surface area contributed by atoms with E-state index in [-0.39, 0.29) is 5.91 Å². The highest BCUT2D eigenvalue weighted by molar-refractivity contribution is 9.09. The molecule has 1 saturated carbocycles. The molecule has 1 aliphatic rings. The number of rotatable bonds is 4. The molecular weight excluding hydrogens is 278 g/mol. The Morgan fingerprint density at radius 3 is 2.71 bits per heavy atom. The summed E-state index contributed by atoms with van der Waals surface area (Å²) in [6.07, 6.45) is 2.31. The van der Waals surface area contributed by atoms with Crippen LogP contribution in [0.5, 0.6) is 0 Å². The maximum absolute atomic E-state index is 12.5. The Morgan fingerprint density at radius 1 is 1.41 bits per heavy atom. The summed E-state index contributed by atoms with van der Waals surface area (Å²) < 4.78 is 0. The van der Waals surface area contributed by atoms with Gasteiger partial charge < -0.3 is 4.90 Å². The first-order valence-electron chi connectivity index (χ1n) is 6.08. The predicted octanol–water partition coefficient (Wildman–Crippen LogP) is 3.30. The predicted molar refractivity (Wildman–Crippen MR) is 73.8 cm³/mol. The second kappa shape index (κ2) is 5.21. The Hall–Kier alpha value is -0.830. The van der Waals surface area contributed by atoms with E-state index in [1.165, 1.54) is 5.56 Å². The maximum Gasteiger partial charge on any atom is 0.254 e. The fraction of sp³-hybridized carbons (Fsp3) is 0.500. The zero-order chi connectivity index (χ0) is 12.4. The first-order chi connectivity index (χ1) is 8.15. The van der Waals surface area contributed by atoms with E-state index in [9.17, 15) is 4.79 Å². The summed E-state index contributed by atoms with van der Waals surface area (Å²) in [5, 5.41) is 0.847. The van der Waals surface area contributed by atoms with Gasteiger partial charge in [0, 0.05) is 23.5 Å². The molecule has 0 N–H and O–H groups in total. The fourth-order valence-corrected chi connectivity index (χ4v) is 2.45. The second-order valence-corrected chi connectivity index (χ2v) is 5.46. The minimum atomic E-state index is 0.188. The van der Waals surface area contributed by atoms with Crippen molar-refractivity contribution >= 4 is 21.8 Å². The summed E-state index contributed by atoms with van der Waals surface area (Å²) in [6.45, 7) is 4.89. The normalized spacial score (nSPS) is 14.8. The summed E-state index contributed by atoms with van der Waals surface area (Å²) in [5.41, 5.74) is 3.15. The van der Waals surface area contributed by atoms with E-state index in [1.807, 2.05) is 24.0 Å². The molecule has 2 rings (SSSR count). The highest BCUT2D eigenvalue weighted by atomic mass is 79.9. The Bertz CT molecular complexity index is 426. The van der Waals surface area contributed by atoms with Crippen molar-refractivity contribution < 1.29 is 4.79 Å². The standard InChI is InChI=1S/C14H18BrNO/c1-10-4-3-5-13(11(10)2)14(17)16(9-8-15)12-6-7-12/h3-5,12H,6-9H2,1-2H3. The average molecular weight is 296 g/mol. The number of nitrogens with zero attached hydrogens (tertiary/aromatic N) is 1. The van der Waals surface area contributed by atoms with Gasteiger partial charge in [-0.25, -0.2) is 0 Å². The Kier molecular flexibility index (Phi) is 3.87. The van der Waals surface area contributed by atoms with Gasteiger partial charge in [0.2, 0.25) is 0 Å². The number of carbonyl (C=O) groups excluding carboxylic acids is 1. The number of amides is 1. The van der Waals surface area contributed by atoms with Crippen molar-refractivity contribution in [3.05, 3.63) is 34.9 Å². The summed E-state index contributed by atoms with van der Waals surface area (Å²) >= 11 is 3.43. The van der Waals surface area contributed by atoms with Crippen LogP contribution in [0.1, 0.15) is 34.3 Å². The number of hydrogen-bond donors (Lipinski definition) is 0. The van der Waals surface area contributed by atoms with Crippen molar-refractivity contribution in [1.29, 1.82) is 0 Å². The molecule has 0 aliphatic heterocycles. The first kappa shape index (κ1) is 12.6. The molecule has 0 unspecified atom stereocenters. The third-order valence-corrected chi connectivity index (χ3v) is 3.76. The van der Waals surface area contributed by atoms with Crippen molar-refractivity contribution in [2.45, 2.75) is 32.7 Å². The Morgan fingerprint density at radius 2 is 2.12 bits per heavy atom. The van der Waals surface area contributed by atoms with Crippen LogP contribution in [0.25, 0.3) is 0 Å². The first-order valence-corrected chi connectivity index (χ1v) is 7.20. The Balaban J connectivity index is 2.25. The molecule has 1 aliphatic carbocycles. The van der Waals surface area contributed by atoms with Crippen molar-refractivity contribution in [3.63, 3.8) is 0 Å². The molecular formula is C14H18BrNO. The minimum absolute atomic E-state index is 0.188. The third-order valence-electron chi connectivity index (χ3n) is 3.41. The molecule has 0 bridgehead atoms. The molecule has 0 spiro atoms. The van der Waals surface area contributed by atoms with Crippen LogP contribution in [0.2, 0.25) is 0 Å². The lowest BCUT2D eigenvalue weighted by atomic mass is 10.0. The number of alkyl halides is 1. The average Bonchev–Trinajstić information content (AvgIpc) is 3.13. The molecule has 1 fully saturated rings. The van der Waals surface area contributed by atoms with Crippen LogP contribution >= 0.6 is 15.9 Å². The summed E-state index contributed by atoms with van der Waals surface area (Å²) in [5.74, 6) is 0.188. The van der Waals surface area contributed by atoms with Crippen molar-refractivity contribution in [2.75, 3.05) is 11.9 Å². The zero-order valence-electron chi connectivity index (χ0n) is 10.4. The lowest BCUT2D eigenvalue weighted by molar-refractivity contribution is 0.0754. The van der Waals surface area contributed by atoms with E-state index in [4.69, 9.17) is 0 Å². The van der Waals surface area contributed by atoms with Crippen LogP contribution in [-0.2, 0) is 0 Å².